The number of benzene rings is 1. The van der Waals surface area contributed by atoms with Gasteiger partial charge in [-0.3, -0.25) is 0 Å². The molecule has 0 bridgehead atoms. The van der Waals surface area contributed by atoms with Crippen LogP contribution >= 0.6 is 15.9 Å². The lowest BCUT2D eigenvalue weighted by molar-refractivity contribution is 0.472. The molecule has 2 saturated heterocycles. The van der Waals surface area contributed by atoms with Gasteiger partial charge in [-0.2, -0.15) is 20.1 Å². The Morgan fingerprint density at radius 1 is 0.963 bits per heavy atom. The van der Waals surface area contributed by atoms with Gasteiger partial charge in [0.1, 0.15) is 5.75 Å². The molecule has 27 heavy (non-hydrogen) atoms. The highest BCUT2D eigenvalue weighted by Gasteiger charge is 2.21. The van der Waals surface area contributed by atoms with Crippen LogP contribution in [0.15, 0.2) is 27.8 Å². The molecule has 2 fully saturated rings. The first-order valence-electron chi connectivity index (χ1n) is 9.22. The minimum atomic E-state index is 0.197. The van der Waals surface area contributed by atoms with Crippen LogP contribution in [0.1, 0.15) is 31.2 Å². The molecule has 0 unspecified atom stereocenters. The molecule has 3 heterocycles. The van der Waals surface area contributed by atoms with Crippen molar-refractivity contribution in [3.05, 3.63) is 28.2 Å². The second-order valence-electron chi connectivity index (χ2n) is 6.73. The van der Waals surface area contributed by atoms with Crippen LogP contribution in [-0.2, 0) is 0 Å². The van der Waals surface area contributed by atoms with Crippen LogP contribution in [0.4, 0.5) is 17.8 Å². The first-order valence-corrected chi connectivity index (χ1v) is 10.0. The van der Waals surface area contributed by atoms with Gasteiger partial charge in [-0.1, -0.05) is 0 Å². The highest BCUT2D eigenvalue weighted by atomic mass is 79.9. The van der Waals surface area contributed by atoms with Gasteiger partial charge in [0.25, 0.3) is 0 Å². The number of halogens is 1. The third-order valence-corrected chi connectivity index (χ3v) is 5.37. The Labute approximate surface area is 166 Å². The number of hydrogen-bond acceptors (Lipinski definition) is 8. The summed E-state index contributed by atoms with van der Waals surface area (Å²) in [5.74, 6) is 2.08. The molecule has 1 aromatic carbocycles. The van der Waals surface area contributed by atoms with Crippen LogP contribution in [0.2, 0.25) is 0 Å². The average Bonchev–Trinajstić information content (AvgIpc) is 3.38. The molecule has 142 valence electrons. The summed E-state index contributed by atoms with van der Waals surface area (Å²) >= 11 is 3.30. The lowest BCUT2D eigenvalue weighted by atomic mass is 10.2. The summed E-state index contributed by atoms with van der Waals surface area (Å²) in [6, 6.07) is 5.19. The predicted molar refractivity (Wildman–Crippen MR) is 110 cm³/mol. The van der Waals surface area contributed by atoms with Crippen molar-refractivity contribution >= 4 is 40.0 Å². The van der Waals surface area contributed by atoms with E-state index in [4.69, 9.17) is 0 Å². The average molecular weight is 432 g/mol. The summed E-state index contributed by atoms with van der Waals surface area (Å²) in [7, 11) is 0. The first kappa shape index (κ1) is 18.0. The SMILES string of the molecule is Oc1ccc(/C=N\Nc2nc(N3CCCC3)nc(N3CCCC3)n2)cc1Br. The molecule has 0 spiro atoms. The predicted octanol–water partition coefficient (Wildman–Crippen LogP) is 2.99. The molecule has 1 aromatic heterocycles. The van der Waals surface area contributed by atoms with E-state index in [1.165, 1.54) is 25.7 Å². The Bertz CT molecular complexity index is 798. The smallest absolute Gasteiger partial charge is 0.250 e. The van der Waals surface area contributed by atoms with Crippen molar-refractivity contribution in [2.75, 3.05) is 41.4 Å². The third kappa shape index (κ3) is 4.29. The highest BCUT2D eigenvalue weighted by Crippen LogP contribution is 2.24. The standard InChI is InChI=1S/C18H22BrN7O/c19-14-11-13(5-6-15(14)27)12-20-24-16-21-17(25-7-1-2-8-25)23-18(22-16)26-9-3-4-10-26/h5-6,11-12,27H,1-4,7-10H2,(H,21,22,23,24)/b20-12-. The summed E-state index contributed by atoms with van der Waals surface area (Å²) in [6.07, 6.45) is 6.34. The van der Waals surface area contributed by atoms with Gasteiger partial charge in [-0.15, -0.1) is 0 Å². The van der Waals surface area contributed by atoms with E-state index in [0.29, 0.717) is 10.4 Å². The fourth-order valence-corrected chi connectivity index (χ4v) is 3.69. The van der Waals surface area contributed by atoms with E-state index < -0.39 is 0 Å². The van der Waals surface area contributed by atoms with Gasteiger partial charge in [0.15, 0.2) is 0 Å². The zero-order chi connectivity index (χ0) is 18.6. The molecule has 2 N–H and O–H groups in total. The maximum Gasteiger partial charge on any atom is 0.250 e. The largest absolute Gasteiger partial charge is 0.507 e. The van der Waals surface area contributed by atoms with Crippen molar-refractivity contribution in [2.24, 2.45) is 5.10 Å². The lowest BCUT2D eigenvalue weighted by Gasteiger charge is -2.20. The summed E-state index contributed by atoms with van der Waals surface area (Å²) in [5, 5.41) is 13.8. The Morgan fingerprint density at radius 2 is 1.56 bits per heavy atom. The molecule has 2 aliphatic rings. The number of nitrogens with one attached hydrogen (secondary N) is 1. The number of anilines is 3. The van der Waals surface area contributed by atoms with Crippen LogP contribution in [0.25, 0.3) is 0 Å². The maximum absolute atomic E-state index is 9.57. The number of aromatic hydroxyl groups is 1. The van der Waals surface area contributed by atoms with Gasteiger partial charge in [0.2, 0.25) is 17.8 Å². The molecule has 0 radical (unpaired) electrons. The number of phenols is 1. The van der Waals surface area contributed by atoms with Crippen molar-refractivity contribution in [3.63, 3.8) is 0 Å². The van der Waals surface area contributed by atoms with Gasteiger partial charge in [-0.25, -0.2) is 5.43 Å². The molecule has 9 heteroatoms. The molecule has 0 atom stereocenters. The molecule has 2 aromatic rings. The van der Waals surface area contributed by atoms with E-state index >= 15 is 0 Å². The van der Waals surface area contributed by atoms with Crippen molar-refractivity contribution in [1.82, 2.24) is 15.0 Å². The van der Waals surface area contributed by atoms with E-state index in [2.05, 4.69) is 51.2 Å². The molecule has 4 rings (SSSR count). The van der Waals surface area contributed by atoms with E-state index in [1.807, 2.05) is 0 Å². The molecule has 0 amide bonds. The van der Waals surface area contributed by atoms with E-state index in [0.717, 1.165) is 43.6 Å². The number of phenolic OH excluding ortho intramolecular Hbond substituents is 1. The summed E-state index contributed by atoms with van der Waals surface area (Å²) in [6.45, 7) is 3.92. The van der Waals surface area contributed by atoms with Gasteiger partial charge in [0.05, 0.1) is 10.7 Å². The molecule has 0 aliphatic carbocycles. The highest BCUT2D eigenvalue weighted by molar-refractivity contribution is 9.10. The normalized spacial score (nSPS) is 17.2. The van der Waals surface area contributed by atoms with E-state index in [1.54, 1.807) is 24.4 Å². The van der Waals surface area contributed by atoms with Crippen molar-refractivity contribution in [3.8, 4) is 5.75 Å². The zero-order valence-corrected chi connectivity index (χ0v) is 16.6. The van der Waals surface area contributed by atoms with Crippen LogP contribution in [-0.4, -0.2) is 52.5 Å². The van der Waals surface area contributed by atoms with Crippen molar-refractivity contribution in [1.29, 1.82) is 0 Å². The number of aromatic nitrogens is 3. The zero-order valence-electron chi connectivity index (χ0n) is 15.0. The van der Waals surface area contributed by atoms with Crippen molar-refractivity contribution in [2.45, 2.75) is 25.7 Å². The monoisotopic (exact) mass is 431 g/mol. The number of hydrogen-bond donors (Lipinski definition) is 2. The van der Waals surface area contributed by atoms with E-state index in [-0.39, 0.29) is 5.75 Å². The number of hydrazone groups is 1. The second kappa shape index (κ2) is 8.08. The van der Waals surface area contributed by atoms with Gasteiger partial charge < -0.3 is 14.9 Å². The molecular formula is C18H22BrN7O. The van der Waals surface area contributed by atoms with Crippen LogP contribution < -0.4 is 15.2 Å². The summed E-state index contributed by atoms with van der Waals surface area (Å²) in [4.78, 5) is 18.2. The van der Waals surface area contributed by atoms with E-state index in [9.17, 15) is 5.11 Å². The van der Waals surface area contributed by atoms with Crippen LogP contribution in [0.5, 0.6) is 5.75 Å². The fourth-order valence-electron chi connectivity index (χ4n) is 3.29. The first-order chi connectivity index (χ1) is 13.2. The van der Waals surface area contributed by atoms with Crippen molar-refractivity contribution < 1.29 is 5.11 Å². The summed E-state index contributed by atoms with van der Waals surface area (Å²) < 4.78 is 0.624. The third-order valence-electron chi connectivity index (χ3n) is 4.74. The number of nitrogens with zero attached hydrogens (tertiary/aromatic N) is 6. The molecule has 0 saturated carbocycles. The topological polar surface area (TPSA) is 89.8 Å². The minimum absolute atomic E-state index is 0.197. The fraction of sp³-hybridized carbons (Fsp3) is 0.444. The quantitative estimate of drug-likeness (QED) is 0.555. The van der Waals surface area contributed by atoms with Gasteiger partial charge in [-0.05, 0) is 65.4 Å². The minimum Gasteiger partial charge on any atom is -0.507 e. The molecule has 2 aliphatic heterocycles. The lowest BCUT2D eigenvalue weighted by Crippen LogP contribution is -2.25. The Morgan fingerprint density at radius 3 is 2.11 bits per heavy atom. The Hall–Kier alpha value is -2.42. The molecular weight excluding hydrogens is 410 g/mol. The van der Waals surface area contributed by atoms with Gasteiger partial charge >= 0.3 is 0 Å². The summed E-state index contributed by atoms with van der Waals surface area (Å²) in [5.41, 5.74) is 3.78. The van der Waals surface area contributed by atoms with Crippen LogP contribution in [0.3, 0.4) is 0 Å². The Kier molecular flexibility index (Phi) is 5.38. The maximum atomic E-state index is 9.57. The molecule has 8 nitrogen and oxygen atoms in total. The number of rotatable bonds is 5. The van der Waals surface area contributed by atoms with Crippen LogP contribution in [0, 0.1) is 0 Å². The Balaban J connectivity index is 1.54. The second-order valence-corrected chi connectivity index (χ2v) is 7.58. The van der Waals surface area contributed by atoms with Gasteiger partial charge in [0, 0.05) is 26.2 Å².